The van der Waals surface area contributed by atoms with Crippen LogP contribution in [0.15, 0.2) is 30.3 Å². The molecule has 20 heavy (non-hydrogen) atoms. The molecule has 108 valence electrons. The molecule has 0 aliphatic heterocycles. The average Bonchev–Trinajstić information content (AvgIpc) is 2.47. The minimum atomic E-state index is -0.102. The number of nitrogens with zero attached hydrogens (tertiary/aromatic N) is 1. The zero-order valence-corrected chi connectivity index (χ0v) is 12.7. The van der Waals surface area contributed by atoms with E-state index in [2.05, 4.69) is 19.9 Å². The molecule has 0 amide bonds. The van der Waals surface area contributed by atoms with Crippen LogP contribution in [0.1, 0.15) is 52.4 Å². The molecule has 0 spiro atoms. The van der Waals surface area contributed by atoms with Gasteiger partial charge in [-0.1, -0.05) is 32.0 Å². The van der Waals surface area contributed by atoms with Crippen LogP contribution >= 0.6 is 0 Å². The molecule has 0 aromatic heterocycles. The number of nitriles is 1. The highest BCUT2D eigenvalue weighted by molar-refractivity contribution is 5.20. The zero-order valence-electron chi connectivity index (χ0n) is 12.7. The number of benzene rings is 1. The third kappa shape index (κ3) is 4.00. The van der Waals surface area contributed by atoms with Crippen LogP contribution in [-0.2, 0) is 0 Å². The topological polar surface area (TPSA) is 33.0 Å². The van der Waals surface area contributed by atoms with Crippen LogP contribution in [0.4, 0.5) is 0 Å². The Kier molecular flexibility index (Phi) is 4.70. The van der Waals surface area contributed by atoms with Gasteiger partial charge in [0.2, 0.25) is 0 Å². The number of hydrogen-bond acceptors (Lipinski definition) is 2. The highest BCUT2D eigenvalue weighted by Crippen LogP contribution is 2.47. The Morgan fingerprint density at radius 1 is 1.10 bits per heavy atom. The lowest BCUT2D eigenvalue weighted by atomic mass is 9.64. The van der Waals surface area contributed by atoms with E-state index in [-0.39, 0.29) is 5.41 Å². The fraction of sp³-hybridized carbons (Fsp3) is 0.611. The molecule has 2 heteroatoms. The van der Waals surface area contributed by atoms with Gasteiger partial charge in [0.15, 0.2) is 0 Å². The molecule has 1 aliphatic rings. The molecule has 1 aromatic carbocycles. The molecule has 1 fully saturated rings. The first-order chi connectivity index (χ1) is 9.55. The number of hydrogen-bond donors (Lipinski definition) is 0. The Hall–Kier alpha value is -1.49. The molecule has 0 N–H and O–H groups in total. The van der Waals surface area contributed by atoms with Gasteiger partial charge < -0.3 is 4.74 Å². The van der Waals surface area contributed by atoms with Gasteiger partial charge in [-0.25, -0.2) is 0 Å². The molecule has 0 radical (unpaired) electrons. The molecule has 1 aromatic rings. The van der Waals surface area contributed by atoms with Crippen molar-refractivity contribution >= 4 is 0 Å². The van der Waals surface area contributed by atoms with Crippen molar-refractivity contribution in [2.45, 2.75) is 52.4 Å². The minimum Gasteiger partial charge on any atom is -0.494 e. The molecule has 0 heterocycles. The van der Waals surface area contributed by atoms with Crippen molar-refractivity contribution in [2.24, 2.45) is 10.8 Å². The third-order valence-electron chi connectivity index (χ3n) is 4.61. The van der Waals surface area contributed by atoms with E-state index in [0.29, 0.717) is 12.0 Å². The van der Waals surface area contributed by atoms with Crippen LogP contribution in [0.5, 0.6) is 5.75 Å². The molecule has 0 unspecified atom stereocenters. The summed E-state index contributed by atoms with van der Waals surface area (Å²) in [4.78, 5) is 0. The lowest BCUT2D eigenvalue weighted by molar-refractivity contribution is 0.130. The molecule has 1 saturated carbocycles. The van der Waals surface area contributed by atoms with E-state index in [9.17, 15) is 5.26 Å². The first kappa shape index (κ1) is 14.9. The fourth-order valence-corrected chi connectivity index (χ4v) is 2.94. The molecular weight excluding hydrogens is 246 g/mol. The largest absolute Gasteiger partial charge is 0.494 e. The quantitative estimate of drug-likeness (QED) is 0.709. The second-order valence-electron chi connectivity index (χ2n) is 6.82. The second-order valence-corrected chi connectivity index (χ2v) is 6.82. The lowest BCUT2D eigenvalue weighted by Crippen LogP contribution is -2.30. The Labute approximate surface area is 122 Å². The van der Waals surface area contributed by atoms with E-state index in [1.165, 1.54) is 12.8 Å². The summed E-state index contributed by atoms with van der Waals surface area (Å²) in [5.74, 6) is 0.920. The lowest BCUT2D eigenvalue weighted by Gasteiger charge is -2.39. The van der Waals surface area contributed by atoms with Gasteiger partial charge in [-0.15, -0.1) is 0 Å². The van der Waals surface area contributed by atoms with Gasteiger partial charge in [0.1, 0.15) is 5.75 Å². The van der Waals surface area contributed by atoms with Crippen molar-refractivity contribution in [3.8, 4) is 11.8 Å². The predicted molar refractivity (Wildman–Crippen MR) is 81.5 cm³/mol. The Bertz CT molecular complexity index is 448. The van der Waals surface area contributed by atoms with Crippen LogP contribution in [0.3, 0.4) is 0 Å². The van der Waals surface area contributed by atoms with Gasteiger partial charge in [0.05, 0.1) is 18.1 Å². The maximum atomic E-state index is 9.54. The van der Waals surface area contributed by atoms with Gasteiger partial charge in [-0.3, -0.25) is 0 Å². The summed E-state index contributed by atoms with van der Waals surface area (Å²) < 4.78 is 5.72. The fourth-order valence-electron chi connectivity index (χ4n) is 2.94. The number of rotatable bonds is 5. The first-order valence-electron chi connectivity index (χ1n) is 7.64. The molecule has 0 bridgehead atoms. The van der Waals surface area contributed by atoms with E-state index in [1.54, 1.807) is 0 Å². The predicted octanol–water partition coefficient (Wildman–Crippen LogP) is 4.96. The molecule has 0 saturated heterocycles. The van der Waals surface area contributed by atoms with Crippen molar-refractivity contribution in [3.05, 3.63) is 30.3 Å². The number of para-hydroxylation sites is 1. The van der Waals surface area contributed by atoms with Crippen molar-refractivity contribution in [2.75, 3.05) is 6.61 Å². The summed E-state index contributed by atoms with van der Waals surface area (Å²) in [5.41, 5.74) is 0.316. The Balaban J connectivity index is 1.76. The van der Waals surface area contributed by atoms with Crippen molar-refractivity contribution in [1.82, 2.24) is 0 Å². The molecule has 2 rings (SSSR count). The average molecular weight is 271 g/mol. The minimum absolute atomic E-state index is 0.102. The van der Waals surface area contributed by atoms with Gasteiger partial charge in [0, 0.05) is 0 Å². The second kappa shape index (κ2) is 6.31. The monoisotopic (exact) mass is 271 g/mol. The van der Waals surface area contributed by atoms with Gasteiger partial charge in [0.25, 0.3) is 0 Å². The summed E-state index contributed by atoms with van der Waals surface area (Å²) in [6.07, 6.45) is 6.35. The van der Waals surface area contributed by atoms with Crippen molar-refractivity contribution < 1.29 is 4.74 Å². The van der Waals surface area contributed by atoms with E-state index in [4.69, 9.17) is 4.74 Å². The summed E-state index contributed by atoms with van der Waals surface area (Å²) in [6, 6.07) is 12.5. The normalized spacial score (nSPS) is 20.1. The number of ether oxygens (including phenoxy) is 1. The molecule has 2 nitrogen and oxygen atoms in total. The highest BCUT2D eigenvalue weighted by atomic mass is 16.5. The highest BCUT2D eigenvalue weighted by Gasteiger charge is 2.37. The smallest absolute Gasteiger partial charge is 0.119 e. The van der Waals surface area contributed by atoms with Gasteiger partial charge in [-0.05, 0) is 56.1 Å². The Morgan fingerprint density at radius 3 is 2.35 bits per heavy atom. The summed E-state index contributed by atoms with van der Waals surface area (Å²) in [6.45, 7) is 5.33. The van der Waals surface area contributed by atoms with Crippen LogP contribution in [0.2, 0.25) is 0 Å². The van der Waals surface area contributed by atoms with Crippen LogP contribution in [-0.4, -0.2) is 6.61 Å². The summed E-state index contributed by atoms with van der Waals surface area (Å²) >= 11 is 0. The van der Waals surface area contributed by atoms with Gasteiger partial charge in [-0.2, -0.15) is 5.26 Å². The summed E-state index contributed by atoms with van der Waals surface area (Å²) in [5, 5.41) is 9.54. The van der Waals surface area contributed by atoms with Crippen LogP contribution in [0, 0.1) is 22.2 Å². The van der Waals surface area contributed by atoms with Crippen molar-refractivity contribution in [3.63, 3.8) is 0 Å². The first-order valence-corrected chi connectivity index (χ1v) is 7.64. The van der Waals surface area contributed by atoms with E-state index in [1.807, 2.05) is 30.3 Å². The maximum absolute atomic E-state index is 9.54. The van der Waals surface area contributed by atoms with E-state index >= 15 is 0 Å². The standard InChI is InChI=1S/C18H25NO/c1-17(2)10-12-18(15-19,13-11-17)9-6-14-20-16-7-4-3-5-8-16/h3-5,7-8H,6,9-14H2,1-2H3. The molecule has 1 aliphatic carbocycles. The van der Waals surface area contributed by atoms with E-state index < -0.39 is 0 Å². The van der Waals surface area contributed by atoms with Crippen LogP contribution in [0.25, 0.3) is 0 Å². The third-order valence-corrected chi connectivity index (χ3v) is 4.61. The molecule has 0 atom stereocenters. The SMILES string of the molecule is CC1(C)CCC(C#N)(CCCOc2ccccc2)CC1. The van der Waals surface area contributed by atoms with Crippen LogP contribution < -0.4 is 4.74 Å². The zero-order chi connectivity index (χ0) is 14.5. The molecular formula is C18H25NO. The van der Waals surface area contributed by atoms with Gasteiger partial charge >= 0.3 is 0 Å². The van der Waals surface area contributed by atoms with Crippen molar-refractivity contribution in [1.29, 1.82) is 5.26 Å². The maximum Gasteiger partial charge on any atom is 0.119 e. The summed E-state index contributed by atoms with van der Waals surface area (Å²) in [7, 11) is 0. The van der Waals surface area contributed by atoms with E-state index in [0.717, 1.165) is 31.4 Å². The Morgan fingerprint density at radius 2 is 1.75 bits per heavy atom.